The SMILES string of the molecule is Cc1c(F)cccc1S(=O)(=O)NCCc1cccc(C(N)=O)c1. The van der Waals surface area contributed by atoms with E-state index in [9.17, 15) is 17.6 Å². The zero-order chi connectivity index (χ0) is 17.0. The van der Waals surface area contributed by atoms with Gasteiger partial charge < -0.3 is 5.73 Å². The van der Waals surface area contributed by atoms with Gasteiger partial charge in [0.25, 0.3) is 0 Å². The largest absolute Gasteiger partial charge is 0.366 e. The molecule has 0 unspecified atom stereocenters. The molecule has 122 valence electrons. The molecular weight excluding hydrogens is 319 g/mol. The number of primary amides is 1. The van der Waals surface area contributed by atoms with Crippen LogP contribution < -0.4 is 10.5 Å². The van der Waals surface area contributed by atoms with E-state index in [1.807, 2.05) is 0 Å². The normalized spacial score (nSPS) is 11.4. The second-order valence-corrected chi connectivity index (χ2v) is 6.81. The maximum Gasteiger partial charge on any atom is 0.248 e. The smallest absolute Gasteiger partial charge is 0.248 e. The van der Waals surface area contributed by atoms with Gasteiger partial charge in [0.1, 0.15) is 5.82 Å². The Kier molecular flexibility index (Phi) is 5.12. The zero-order valence-corrected chi connectivity index (χ0v) is 13.4. The summed E-state index contributed by atoms with van der Waals surface area (Å²) in [6.07, 6.45) is 0.384. The summed E-state index contributed by atoms with van der Waals surface area (Å²) in [5, 5.41) is 0. The van der Waals surface area contributed by atoms with E-state index in [2.05, 4.69) is 4.72 Å². The minimum atomic E-state index is -3.79. The number of carbonyl (C=O) groups excluding carboxylic acids is 1. The first-order valence-corrected chi connectivity index (χ1v) is 8.43. The van der Waals surface area contributed by atoms with Gasteiger partial charge in [-0.15, -0.1) is 0 Å². The Morgan fingerprint density at radius 3 is 2.61 bits per heavy atom. The second kappa shape index (κ2) is 6.89. The van der Waals surface area contributed by atoms with Gasteiger partial charge >= 0.3 is 0 Å². The van der Waals surface area contributed by atoms with Gasteiger partial charge in [0.2, 0.25) is 15.9 Å². The lowest BCUT2D eigenvalue weighted by Crippen LogP contribution is -2.27. The van der Waals surface area contributed by atoms with Gasteiger partial charge in [-0.3, -0.25) is 4.79 Å². The van der Waals surface area contributed by atoms with Crippen molar-refractivity contribution in [2.75, 3.05) is 6.54 Å². The van der Waals surface area contributed by atoms with Crippen molar-refractivity contribution in [3.8, 4) is 0 Å². The molecule has 23 heavy (non-hydrogen) atoms. The topological polar surface area (TPSA) is 89.3 Å². The molecule has 0 aliphatic heterocycles. The molecule has 7 heteroatoms. The molecule has 5 nitrogen and oxygen atoms in total. The van der Waals surface area contributed by atoms with Gasteiger partial charge in [0, 0.05) is 17.7 Å². The minimum Gasteiger partial charge on any atom is -0.366 e. The number of hydrogen-bond acceptors (Lipinski definition) is 3. The third kappa shape index (κ3) is 4.14. The first-order valence-electron chi connectivity index (χ1n) is 6.95. The molecule has 0 aliphatic rings. The summed E-state index contributed by atoms with van der Waals surface area (Å²) in [6, 6.07) is 10.6. The molecule has 1 amide bonds. The van der Waals surface area contributed by atoms with Crippen LogP contribution in [0.3, 0.4) is 0 Å². The molecule has 2 aromatic rings. The lowest BCUT2D eigenvalue weighted by molar-refractivity contribution is 0.1000. The molecule has 0 fully saturated rings. The summed E-state index contributed by atoms with van der Waals surface area (Å²) in [6.45, 7) is 1.54. The number of carbonyl (C=O) groups is 1. The van der Waals surface area contributed by atoms with Crippen LogP contribution in [0, 0.1) is 12.7 Å². The molecule has 0 atom stereocenters. The quantitative estimate of drug-likeness (QED) is 0.842. The predicted octanol–water partition coefficient (Wildman–Crippen LogP) is 1.75. The van der Waals surface area contributed by atoms with E-state index < -0.39 is 21.7 Å². The third-order valence-corrected chi connectivity index (χ3v) is 5.03. The highest BCUT2D eigenvalue weighted by Crippen LogP contribution is 2.17. The summed E-state index contributed by atoms with van der Waals surface area (Å²) in [5.41, 5.74) is 6.43. The number of amides is 1. The Hall–Kier alpha value is -2.25. The number of hydrogen-bond donors (Lipinski definition) is 2. The number of halogens is 1. The van der Waals surface area contributed by atoms with E-state index >= 15 is 0 Å². The van der Waals surface area contributed by atoms with Crippen LogP contribution in [0.25, 0.3) is 0 Å². The van der Waals surface area contributed by atoms with Crippen LogP contribution in [0.5, 0.6) is 0 Å². The van der Waals surface area contributed by atoms with Crippen molar-refractivity contribution in [1.82, 2.24) is 4.72 Å². The zero-order valence-electron chi connectivity index (χ0n) is 12.5. The van der Waals surface area contributed by atoms with Crippen molar-refractivity contribution in [1.29, 1.82) is 0 Å². The monoisotopic (exact) mass is 336 g/mol. The Morgan fingerprint density at radius 1 is 1.22 bits per heavy atom. The first-order chi connectivity index (χ1) is 10.8. The fourth-order valence-corrected chi connectivity index (χ4v) is 3.45. The number of benzene rings is 2. The molecule has 0 aliphatic carbocycles. The van der Waals surface area contributed by atoms with Gasteiger partial charge in [-0.2, -0.15) is 0 Å². The van der Waals surface area contributed by atoms with Gasteiger partial charge in [0.15, 0.2) is 0 Å². The second-order valence-electron chi connectivity index (χ2n) is 5.08. The van der Waals surface area contributed by atoms with E-state index in [-0.39, 0.29) is 17.0 Å². The van der Waals surface area contributed by atoms with Crippen LogP contribution in [0.1, 0.15) is 21.5 Å². The average molecular weight is 336 g/mol. The summed E-state index contributed by atoms with van der Waals surface area (Å²) in [7, 11) is -3.79. The van der Waals surface area contributed by atoms with Crippen LogP contribution in [0.15, 0.2) is 47.4 Å². The van der Waals surface area contributed by atoms with E-state index in [1.165, 1.54) is 25.1 Å². The van der Waals surface area contributed by atoms with Crippen LogP contribution in [0.2, 0.25) is 0 Å². The fraction of sp³-hybridized carbons (Fsp3) is 0.188. The predicted molar refractivity (Wildman–Crippen MR) is 85.0 cm³/mol. The molecule has 0 saturated heterocycles. The van der Waals surface area contributed by atoms with Gasteiger partial charge in [0.05, 0.1) is 4.90 Å². The summed E-state index contributed by atoms with van der Waals surface area (Å²) < 4.78 is 40.3. The molecule has 0 heterocycles. The molecule has 0 spiro atoms. The Morgan fingerprint density at radius 2 is 1.91 bits per heavy atom. The molecule has 2 rings (SSSR count). The maximum absolute atomic E-state index is 13.5. The lowest BCUT2D eigenvalue weighted by atomic mass is 10.1. The Bertz CT molecular complexity index is 835. The van der Waals surface area contributed by atoms with Crippen molar-refractivity contribution >= 4 is 15.9 Å². The number of rotatable bonds is 6. The van der Waals surface area contributed by atoms with Crippen LogP contribution in [0.4, 0.5) is 4.39 Å². The van der Waals surface area contributed by atoms with E-state index in [0.717, 1.165) is 5.56 Å². The molecule has 0 bridgehead atoms. The molecule has 0 aromatic heterocycles. The van der Waals surface area contributed by atoms with Crippen molar-refractivity contribution in [3.63, 3.8) is 0 Å². The Balaban J connectivity index is 2.07. The first kappa shape index (κ1) is 17.1. The molecular formula is C16H17FN2O3S. The minimum absolute atomic E-state index is 0.0794. The van der Waals surface area contributed by atoms with Crippen LogP contribution >= 0.6 is 0 Å². The van der Waals surface area contributed by atoms with E-state index in [4.69, 9.17) is 5.73 Å². The molecule has 0 radical (unpaired) electrons. The summed E-state index contributed by atoms with van der Waals surface area (Å²) in [5.74, 6) is -1.11. The lowest BCUT2D eigenvalue weighted by Gasteiger charge is -2.10. The van der Waals surface area contributed by atoms with Crippen LogP contribution in [-0.2, 0) is 16.4 Å². The summed E-state index contributed by atoms with van der Waals surface area (Å²) >= 11 is 0. The standard InChI is InChI=1S/C16H17FN2O3S/c1-11-14(17)6-3-7-15(11)23(21,22)19-9-8-12-4-2-5-13(10-12)16(18)20/h2-7,10,19H,8-9H2,1H3,(H2,18,20). The fourth-order valence-electron chi connectivity index (χ4n) is 2.17. The highest BCUT2D eigenvalue weighted by atomic mass is 32.2. The maximum atomic E-state index is 13.5. The highest BCUT2D eigenvalue weighted by molar-refractivity contribution is 7.89. The average Bonchev–Trinajstić information content (AvgIpc) is 2.50. The molecule has 0 saturated carbocycles. The van der Waals surface area contributed by atoms with Crippen molar-refractivity contribution < 1.29 is 17.6 Å². The van der Waals surface area contributed by atoms with Gasteiger partial charge in [-0.1, -0.05) is 18.2 Å². The Labute approximate surface area is 134 Å². The molecule has 2 aromatic carbocycles. The van der Waals surface area contributed by atoms with E-state index in [1.54, 1.807) is 24.3 Å². The number of sulfonamides is 1. The third-order valence-electron chi connectivity index (χ3n) is 3.42. The van der Waals surface area contributed by atoms with Crippen molar-refractivity contribution in [2.45, 2.75) is 18.2 Å². The van der Waals surface area contributed by atoms with Gasteiger partial charge in [-0.25, -0.2) is 17.5 Å². The van der Waals surface area contributed by atoms with Gasteiger partial charge in [-0.05, 0) is 43.2 Å². The van der Waals surface area contributed by atoms with Crippen molar-refractivity contribution in [3.05, 3.63) is 65.0 Å². The number of nitrogens with two attached hydrogens (primary N) is 1. The van der Waals surface area contributed by atoms with Crippen molar-refractivity contribution in [2.24, 2.45) is 5.73 Å². The van der Waals surface area contributed by atoms with E-state index in [0.29, 0.717) is 12.0 Å². The van der Waals surface area contributed by atoms with Crippen LogP contribution in [-0.4, -0.2) is 20.9 Å². The summed E-state index contributed by atoms with van der Waals surface area (Å²) in [4.78, 5) is 11.0. The highest BCUT2D eigenvalue weighted by Gasteiger charge is 2.18. The molecule has 3 N–H and O–H groups in total. The number of nitrogens with one attached hydrogen (secondary N) is 1.